The molecule has 0 fully saturated rings. The first-order valence-electron chi connectivity index (χ1n) is 5.79. The number of hydrogen-bond acceptors (Lipinski definition) is 2. The Morgan fingerprint density at radius 3 is 2.89 bits per heavy atom. The standard InChI is InChI=1S/C14H13N3O/c1-9-4-3-5-13-16-10(2)14(17(9)13)11-6-12(8-18)15-7-11/h3-8,15H,1-2H3. The van der Waals surface area contributed by atoms with Crippen molar-refractivity contribution >= 4 is 11.9 Å². The lowest BCUT2D eigenvalue weighted by Gasteiger charge is -2.04. The van der Waals surface area contributed by atoms with Crippen LogP contribution in [0.25, 0.3) is 16.9 Å². The second-order valence-electron chi connectivity index (χ2n) is 4.37. The first-order chi connectivity index (χ1) is 8.70. The average Bonchev–Trinajstić information content (AvgIpc) is 2.92. The zero-order chi connectivity index (χ0) is 12.7. The Bertz CT molecular complexity index is 737. The predicted molar refractivity (Wildman–Crippen MR) is 69.8 cm³/mol. The molecule has 0 aromatic carbocycles. The highest BCUT2D eigenvalue weighted by Gasteiger charge is 2.13. The maximum atomic E-state index is 10.8. The minimum atomic E-state index is 0.577. The Morgan fingerprint density at radius 2 is 2.17 bits per heavy atom. The molecule has 0 aliphatic carbocycles. The van der Waals surface area contributed by atoms with Crippen LogP contribution in [0.15, 0.2) is 30.5 Å². The van der Waals surface area contributed by atoms with Crippen LogP contribution >= 0.6 is 0 Å². The Balaban J connectivity index is 2.34. The zero-order valence-electron chi connectivity index (χ0n) is 10.3. The van der Waals surface area contributed by atoms with Crippen LogP contribution in [0.3, 0.4) is 0 Å². The molecule has 0 saturated carbocycles. The molecule has 0 atom stereocenters. The van der Waals surface area contributed by atoms with Crippen LogP contribution in [0.1, 0.15) is 21.9 Å². The number of nitrogens with one attached hydrogen (secondary N) is 1. The monoisotopic (exact) mass is 239 g/mol. The highest BCUT2D eigenvalue weighted by Crippen LogP contribution is 2.26. The van der Waals surface area contributed by atoms with Gasteiger partial charge in [-0.25, -0.2) is 4.98 Å². The van der Waals surface area contributed by atoms with E-state index in [1.54, 1.807) is 0 Å². The van der Waals surface area contributed by atoms with E-state index in [1.807, 2.05) is 44.3 Å². The normalized spacial score (nSPS) is 11.0. The second-order valence-corrected chi connectivity index (χ2v) is 4.37. The lowest BCUT2D eigenvalue weighted by molar-refractivity contribution is 0.111. The van der Waals surface area contributed by atoms with Gasteiger partial charge in [-0.05, 0) is 32.0 Å². The SMILES string of the molecule is Cc1nc2cccc(C)n2c1-c1c[nH]c(C=O)c1. The van der Waals surface area contributed by atoms with Gasteiger partial charge in [0.1, 0.15) is 5.65 Å². The van der Waals surface area contributed by atoms with Crippen molar-refractivity contribution < 1.29 is 4.79 Å². The Hall–Kier alpha value is -2.36. The van der Waals surface area contributed by atoms with E-state index in [0.717, 1.165) is 34.6 Å². The molecule has 3 aromatic heterocycles. The summed E-state index contributed by atoms with van der Waals surface area (Å²) in [6, 6.07) is 7.87. The van der Waals surface area contributed by atoms with Crippen LogP contribution in [-0.2, 0) is 0 Å². The summed E-state index contributed by atoms with van der Waals surface area (Å²) in [6.45, 7) is 4.03. The number of fused-ring (bicyclic) bond motifs is 1. The maximum absolute atomic E-state index is 10.8. The van der Waals surface area contributed by atoms with Gasteiger partial charge in [0.15, 0.2) is 6.29 Å². The van der Waals surface area contributed by atoms with Crippen molar-refractivity contribution in [1.82, 2.24) is 14.4 Å². The molecule has 3 rings (SSSR count). The molecule has 0 amide bonds. The number of aromatic nitrogens is 3. The van der Waals surface area contributed by atoms with Gasteiger partial charge in [0.2, 0.25) is 0 Å². The van der Waals surface area contributed by atoms with Crippen molar-refractivity contribution in [3.05, 3.63) is 47.5 Å². The molecule has 1 N–H and O–H groups in total. The first-order valence-corrected chi connectivity index (χ1v) is 5.79. The molecule has 0 aliphatic heterocycles. The number of nitrogens with zero attached hydrogens (tertiary/aromatic N) is 2. The molecule has 18 heavy (non-hydrogen) atoms. The lowest BCUT2D eigenvalue weighted by Crippen LogP contribution is -1.92. The van der Waals surface area contributed by atoms with Gasteiger partial charge in [-0.3, -0.25) is 9.20 Å². The molecule has 4 nitrogen and oxygen atoms in total. The highest BCUT2D eigenvalue weighted by atomic mass is 16.1. The number of carbonyl (C=O) groups excluding carboxylic acids is 1. The third-order valence-corrected chi connectivity index (χ3v) is 3.12. The predicted octanol–water partition coefficient (Wildman–Crippen LogP) is 2.76. The van der Waals surface area contributed by atoms with Crippen molar-refractivity contribution in [2.24, 2.45) is 0 Å². The third-order valence-electron chi connectivity index (χ3n) is 3.12. The van der Waals surface area contributed by atoms with E-state index in [9.17, 15) is 4.79 Å². The van der Waals surface area contributed by atoms with Crippen LogP contribution in [0.4, 0.5) is 0 Å². The summed E-state index contributed by atoms with van der Waals surface area (Å²) >= 11 is 0. The number of imidazole rings is 1. The Labute approximate surface area is 104 Å². The van der Waals surface area contributed by atoms with Crippen molar-refractivity contribution in [2.75, 3.05) is 0 Å². The third kappa shape index (κ3) is 1.46. The fraction of sp³-hybridized carbons (Fsp3) is 0.143. The number of H-pyrrole nitrogens is 1. The maximum Gasteiger partial charge on any atom is 0.166 e. The minimum absolute atomic E-state index is 0.577. The van der Waals surface area contributed by atoms with Crippen LogP contribution in [-0.4, -0.2) is 20.7 Å². The first kappa shape index (κ1) is 10.8. The van der Waals surface area contributed by atoms with E-state index in [-0.39, 0.29) is 0 Å². The fourth-order valence-electron chi connectivity index (χ4n) is 2.32. The molecule has 3 aromatic rings. The number of rotatable bonds is 2. The average molecular weight is 239 g/mol. The largest absolute Gasteiger partial charge is 0.358 e. The molecule has 4 heteroatoms. The Kier molecular flexibility index (Phi) is 2.30. The number of aryl methyl sites for hydroxylation is 2. The van der Waals surface area contributed by atoms with Gasteiger partial charge in [-0.15, -0.1) is 0 Å². The number of hydrogen-bond donors (Lipinski definition) is 1. The van der Waals surface area contributed by atoms with E-state index in [0.29, 0.717) is 5.69 Å². The van der Waals surface area contributed by atoms with Crippen molar-refractivity contribution in [1.29, 1.82) is 0 Å². The molecule has 0 bridgehead atoms. The van der Waals surface area contributed by atoms with Crippen LogP contribution < -0.4 is 0 Å². The van der Waals surface area contributed by atoms with E-state index >= 15 is 0 Å². The molecule has 0 spiro atoms. The second kappa shape index (κ2) is 3.84. The van der Waals surface area contributed by atoms with Crippen LogP contribution in [0.5, 0.6) is 0 Å². The molecule has 90 valence electrons. The van der Waals surface area contributed by atoms with Gasteiger partial charge in [0, 0.05) is 17.5 Å². The van der Waals surface area contributed by atoms with Gasteiger partial charge in [-0.2, -0.15) is 0 Å². The molecular formula is C14H13N3O. The van der Waals surface area contributed by atoms with Crippen molar-refractivity contribution in [3.8, 4) is 11.3 Å². The number of aromatic amines is 1. The van der Waals surface area contributed by atoms with Crippen molar-refractivity contribution in [3.63, 3.8) is 0 Å². The topological polar surface area (TPSA) is 50.2 Å². The molecule has 0 aliphatic rings. The van der Waals surface area contributed by atoms with Gasteiger partial charge in [0.05, 0.1) is 17.1 Å². The number of pyridine rings is 1. The summed E-state index contributed by atoms with van der Waals surface area (Å²) in [5.74, 6) is 0. The lowest BCUT2D eigenvalue weighted by atomic mass is 10.2. The van der Waals surface area contributed by atoms with Gasteiger partial charge in [-0.1, -0.05) is 6.07 Å². The highest BCUT2D eigenvalue weighted by molar-refractivity contribution is 5.77. The van der Waals surface area contributed by atoms with E-state index in [2.05, 4.69) is 14.4 Å². The summed E-state index contributed by atoms with van der Waals surface area (Å²) in [6.07, 6.45) is 2.65. The smallest absolute Gasteiger partial charge is 0.166 e. The van der Waals surface area contributed by atoms with Crippen molar-refractivity contribution in [2.45, 2.75) is 13.8 Å². The molecular weight excluding hydrogens is 226 g/mol. The quantitative estimate of drug-likeness (QED) is 0.699. The summed E-state index contributed by atoms with van der Waals surface area (Å²) < 4.78 is 2.10. The van der Waals surface area contributed by atoms with E-state index < -0.39 is 0 Å². The van der Waals surface area contributed by atoms with E-state index in [1.165, 1.54) is 0 Å². The minimum Gasteiger partial charge on any atom is -0.358 e. The van der Waals surface area contributed by atoms with Crippen LogP contribution in [0.2, 0.25) is 0 Å². The molecule has 0 radical (unpaired) electrons. The summed E-state index contributed by atoms with van der Waals surface area (Å²) in [4.78, 5) is 18.2. The van der Waals surface area contributed by atoms with E-state index in [4.69, 9.17) is 0 Å². The fourth-order valence-corrected chi connectivity index (χ4v) is 2.32. The molecule has 0 saturated heterocycles. The molecule has 3 heterocycles. The van der Waals surface area contributed by atoms with Crippen LogP contribution in [0, 0.1) is 13.8 Å². The zero-order valence-corrected chi connectivity index (χ0v) is 10.3. The molecule has 0 unspecified atom stereocenters. The van der Waals surface area contributed by atoms with Gasteiger partial charge < -0.3 is 4.98 Å². The summed E-state index contributed by atoms with van der Waals surface area (Å²) in [5, 5.41) is 0. The number of aldehydes is 1. The summed E-state index contributed by atoms with van der Waals surface area (Å²) in [5.41, 5.74) is 5.60. The number of carbonyl (C=O) groups is 1. The Morgan fingerprint density at radius 1 is 1.33 bits per heavy atom. The summed E-state index contributed by atoms with van der Waals surface area (Å²) in [7, 11) is 0. The van der Waals surface area contributed by atoms with Gasteiger partial charge >= 0.3 is 0 Å². The van der Waals surface area contributed by atoms with Gasteiger partial charge in [0.25, 0.3) is 0 Å².